The summed E-state index contributed by atoms with van der Waals surface area (Å²) in [6.45, 7) is 3.70. The van der Waals surface area contributed by atoms with Gasteiger partial charge in [0.1, 0.15) is 0 Å². The van der Waals surface area contributed by atoms with Crippen LogP contribution in [0, 0.1) is 17.8 Å². The number of hydrogen-bond acceptors (Lipinski definition) is 6. The van der Waals surface area contributed by atoms with Crippen LogP contribution in [0.4, 0.5) is 4.79 Å². The predicted octanol–water partition coefficient (Wildman–Crippen LogP) is 2.08. The topological polar surface area (TPSA) is 119 Å². The highest BCUT2D eigenvalue weighted by Gasteiger charge is 2.32. The number of aliphatic imine (C=N–C) groups is 2. The molecule has 35 heavy (non-hydrogen) atoms. The maximum absolute atomic E-state index is 12.9. The lowest BCUT2D eigenvalue weighted by Gasteiger charge is -2.33. The first-order chi connectivity index (χ1) is 17.1. The molecule has 194 valence electrons. The number of carbonyl (C=O) groups excluding carboxylic acids is 2. The fraction of sp³-hybridized carbons (Fsp3) is 0.846. The second kappa shape index (κ2) is 11.6. The lowest BCUT2D eigenvalue weighted by Crippen LogP contribution is -2.49. The molecule has 2 unspecified atom stereocenters. The normalized spacial score (nSPS) is 35.2. The molecule has 9 heteroatoms. The standard InChI is InChI=1S/C26H43N7O2/c34-25(31-22-3-1-2-19(16-22)24-29-14-15-30-24)18-6-10-21(11-7-18)33-26(35)32-20-8-4-17(5-9-20)23-27-12-13-28-23/h17-22H,1-16H2,(H,27,28)(H,29,30)(H,31,34)(H2,32,33,35). The van der Waals surface area contributed by atoms with Gasteiger partial charge >= 0.3 is 6.03 Å². The van der Waals surface area contributed by atoms with Crippen LogP contribution in [-0.4, -0.2) is 67.9 Å². The van der Waals surface area contributed by atoms with Crippen molar-refractivity contribution in [1.29, 1.82) is 0 Å². The van der Waals surface area contributed by atoms with Crippen LogP contribution >= 0.6 is 0 Å². The quantitative estimate of drug-likeness (QED) is 0.396. The Morgan fingerprint density at radius 3 is 1.86 bits per heavy atom. The Balaban J connectivity index is 0.981. The first-order valence-corrected chi connectivity index (χ1v) is 14.1. The smallest absolute Gasteiger partial charge is 0.315 e. The van der Waals surface area contributed by atoms with Gasteiger partial charge in [0.05, 0.1) is 24.8 Å². The molecule has 0 aromatic rings. The van der Waals surface area contributed by atoms with Crippen molar-refractivity contribution in [2.45, 2.75) is 95.2 Å². The van der Waals surface area contributed by atoms with E-state index in [9.17, 15) is 9.59 Å². The summed E-state index contributed by atoms with van der Waals surface area (Å²) in [4.78, 5) is 34.7. The SMILES string of the molecule is O=C(NC1CCC(C(=O)NC2CCCC(C3=NCCN3)C2)CC1)NC1CCC(C2=NCCN2)CC1. The summed E-state index contributed by atoms with van der Waals surface area (Å²) >= 11 is 0. The summed E-state index contributed by atoms with van der Waals surface area (Å²) in [7, 11) is 0. The predicted molar refractivity (Wildman–Crippen MR) is 138 cm³/mol. The number of carbonyl (C=O) groups is 2. The van der Waals surface area contributed by atoms with E-state index in [2.05, 4.69) is 36.6 Å². The lowest BCUT2D eigenvalue weighted by molar-refractivity contribution is -0.127. The number of amidine groups is 2. The summed E-state index contributed by atoms with van der Waals surface area (Å²) < 4.78 is 0. The van der Waals surface area contributed by atoms with Gasteiger partial charge in [-0.2, -0.15) is 0 Å². The van der Waals surface area contributed by atoms with E-state index in [-0.39, 0.29) is 36.0 Å². The molecule has 5 rings (SSSR count). The number of nitrogens with one attached hydrogen (secondary N) is 5. The zero-order valence-electron chi connectivity index (χ0n) is 21.0. The first kappa shape index (κ1) is 24.4. The van der Waals surface area contributed by atoms with Gasteiger partial charge in [0.2, 0.25) is 5.91 Å². The van der Waals surface area contributed by atoms with Crippen molar-refractivity contribution < 1.29 is 9.59 Å². The average Bonchev–Trinajstić information content (AvgIpc) is 3.60. The molecule has 0 bridgehead atoms. The van der Waals surface area contributed by atoms with E-state index < -0.39 is 0 Å². The molecular weight excluding hydrogens is 442 g/mol. The molecule has 2 aliphatic heterocycles. The maximum Gasteiger partial charge on any atom is 0.315 e. The molecule has 3 aliphatic carbocycles. The van der Waals surface area contributed by atoms with Crippen molar-refractivity contribution in [3.63, 3.8) is 0 Å². The molecule has 2 heterocycles. The Labute approximate surface area is 209 Å². The Bertz CT molecular complexity index is 813. The summed E-state index contributed by atoms with van der Waals surface area (Å²) in [5.41, 5.74) is 0. The molecule has 3 saturated carbocycles. The van der Waals surface area contributed by atoms with Crippen LogP contribution in [0.2, 0.25) is 0 Å². The second-order valence-corrected chi connectivity index (χ2v) is 11.2. The van der Waals surface area contributed by atoms with E-state index in [4.69, 9.17) is 0 Å². The molecule has 5 N–H and O–H groups in total. The molecule has 3 amide bonds. The summed E-state index contributed by atoms with van der Waals surface area (Å²) in [6.07, 6.45) is 12.0. The number of rotatable bonds is 6. The zero-order chi connectivity index (χ0) is 24.0. The Morgan fingerprint density at radius 1 is 0.657 bits per heavy atom. The zero-order valence-corrected chi connectivity index (χ0v) is 21.0. The maximum atomic E-state index is 12.9. The van der Waals surface area contributed by atoms with Gasteiger partial charge in [0.25, 0.3) is 0 Å². The van der Waals surface area contributed by atoms with Crippen molar-refractivity contribution in [2.24, 2.45) is 27.7 Å². The van der Waals surface area contributed by atoms with Gasteiger partial charge in [-0.1, -0.05) is 6.42 Å². The van der Waals surface area contributed by atoms with Crippen LogP contribution in [0.1, 0.15) is 77.0 Å². The molecule has 0 aromatic carbocycles. The fourth-order valence-corrected chi connectivity index (χ4v) is 6.69. The van der Waals surface area contributed by atoms with Gasteiger partial charge in [-0.15, -0.1) is 0 Å². The van der Waals surface area contributed by atoms with Crippen LogP contribution in [0.5, 0.6) is 0 Å². The lowest BCUT2D eigenvalue weighted by atomic mass is 9.83. The highest BCUT2D eigenvalue weighted by molar-refractivity contribution is 5.86. The van der Waals surface area contributed by atoms with Crippen LogP contribution in [0.25, 0.3) is 0 Å². The van der Waals surface area contributed by atoms with Gasteiger partial charge < -0.3 is 26.6 Å². The van der Waals surface area contributed by atoms with Gasteiger partial charge in [0.15, 0.2) is 0 Å². The van der Waals surface area contributed by atoms with E-state index in [0.29, 0.717) is 11.8 Å². The average molecular weight is 486 g/mol. The minimum atomic E-state index is -0.0469. The summed E-state index contributed by atoms with van der Waals surface area (Å²) in [6, 6.07) is 0.631. The van der Waals surface area contributed by atoms with Crippen molar-refractivity contribution >= 4 is 23.6 Å². The van der Waals surface area contributed by atoms with Crippen molar-refractivity contribution in [3.05, 3.63) is 0 Å². The van der Waals surface area contributed by atoms with E-state index in [1.165, 1.54) is 12.3 Å². The molecule has 3 fully saturated rings. The van der Waals surface area contributed by atoms with Crippen LogP contribution in [0.3, 0.4) is 0 Å². The number of nitrogens with zero attached hydrogens (tertiary/aromatic N) is 2. The van der Waals surface area contributed by atoms with Gasteiger partial charge in [-0.05, 0) is 70.6 Å². The van der Waals surface area contributed by atoms with Gasteiger partial charge in [-0.25, -0.2) is 4.79 Å². The van der Waals surface area contributed by atoms with Gasteiger partial charge in [-0.3, -0.25) is 14.8 Å². The molecule has 5 aliphatic rings. The van der Waals surface area contributed by atoms with Crippen molar-refractivity contribution in [1.82, 2.24) is 26.6 Å². The summed E-state index contributed by atoms with van der Waals surface area (Å²) in [5.74, 6) is 3.61. The molecule has 0 spiro atoms. The van der Waals surface area contributed by atoms with Crippen molar-refractivity contribution in [2.75, 3.05) is 26.2 Å². The fourth-order valence-electron chi connectivity index (χ4n) is 6.69. The minimum absolute atomic E-state index is 0.0469. The van der Waals surface area contributed by atoms with E-state index in [0.717, 1.165) is 103 Å². The number of urea groups is 1. The number of hydrogen-bond donors (Lipinski definition) is 5. The second-order valence-electron chi connectivity index (χ2n) is 11.2. The van der Waals surface area contributed by atoms with Crippen LogP contribution < -0.4 is 26.6 Å². The number of amides is 3. The Kier molecular flexibility index (Phi) is 8.09. The monoisotopic (exact) mass is 485 g/mol. The largest absolute Gasteiger partial charge is 0.372 e. The highest BCUT2D eigenvalue weighted by Crippen LogP contribution is 2.29. The Morgan fingerprint density at radius 2 is 1.26 bits per heavy atom. The first-order valence-electron chi connectivity index (χ1n) is 14.1. The molecule has 0 aromatic heterocycles. The van der Waals surface area contributed by atoms with Crippen LogP contribution in [-0.2, 0) is 4.79 Å². The third-order valence-corrected chi connectivity index (χ3v) is 8.69. The van der Waals surface area contributed by atoms with E-state index in [1.807, 2.05) is 0 Å². The Hall–Kier alpha value is -2.32. The molecule has 2 atom stereocenters. The highest BCUT2D eigenvalue weighted by atomic mass is 16.2. The summed E-state index contributed by atoms with van der Waals surface area (Å²) in [5, 5.41) is 16.5. The molecular formula is C26H43N7O2. The van der Waals surface area contributed by atoms with E-state index >= 15 is 0 Å². The van der Waals surface area contributed by atoms with Crippen molar-refractivity contribution in [3.8, 4) is 0 Å². The third-order valence-electron chi connectivity index (χ3n) is 8.69. The minimum Gasteiger partial charge on any atom is -0.372 e. The molecule has 0 radical (unpaired) electrons. The van der Waals surface area contributed by atoms with Gasteiger partial charge in [0, 0.05) is 49.0 Å². The van der Waals surface area contributed by atoms with Crippen LogP contribution in [0.15, 0.2) is 9.98 Å². The molecule has 9 nitrogen and oxygen atoms in total. The molecule has 0 saturated heterocycles. The third kappa shape index (κ3) is 6.47. The van der Waals surface area contributed by atoms with E-state index in [1.54, 1.807) is 0 Å².